The molecule has 0 aliphatic heterocycles. The van der Waals surface area contributed by atoms with E-state index in [9.17, 15) is 0 Å². The van der Waals surface area contributed by atoms with Crippen LogP contribution >= 0.6 is 0 Å². The summed E-state index contributed by atoms with van der Waals surface area (Å²) in [6, 6.07) is 0. The maximum Gasteiger partial charge on any atom is 0.107 e. The zero-order valence-electron chi connectivity index (χ0n) is 11.2. The van der Waals surface area contributed by atoms with Crippen molar-refractivity contribution in [1.29, 1.82) is 0 Å². The van der Waals surface area contributed by atoms with Crippen molar-refractivity contribution in [2.45, 2.75) is 58.6 Å². The van der Waals surface area contributed by atoms with E-state index < -0.39 is 0 Å². The zero-order chi connectivity index (χ0) is 12.2. The maximum atomic E-state index is 8.64. The van der Waals surface area contributed by atoms with Gasteiger partial charge < -0.3 is 9.84 Å². The molecule has 3 nitrogen and oxygen atoms in total. The highest BCUT2D eigenvalue weighted by Crippen LogP contribution is 2.04. The number of ether oxygens (including phenoxy) is 1. The monoisotopic (exact) mass is 231 g/mol. The Morgan fingerprint density at radius 3 is 2.50 bits per heavy atom. The highest BCUT2D eigenvalue weighted by Gasteiger charge is 2.07. The fraction of sp³-hybridized carbons (Fsp3) is 1.00. The molecular weight excluding hydrogens is 202 g/mol. The molecule has 0 saturated carbocycles. The lowest BCUT2D eigenvalue weighted by Gasteiger charge is -2.24. The molecule has 0 aromatic rings. The van der Waals surface area contributed by atoms with Gasteiger partial charge in [0.15, 0.2) is 0 Å². The van der Waals surface area contributed by atoms with Crippen LogP contribution in [0.25, 0.3) is 0 Å². The molecule has 1 unspecified atom stereocenters. The predicted molar refractivity (Wildman–Crippen MR) is 68.5 cm³/mol. The molecule has 3 heteroatoms. The molecule has 0 aliphatic carbocycles. The summed E-state index contributed by atoms with van der Waals surface area (Å²) in [5.41, 5.74) is 0. The Hall–Kier alpha value is -0.120. The Balaban J connectivity index is 3.38. The summed E-state index contributed by atoms with van der Waals surface area (Å²) >= 11 is 0. The van der Waals surface area contributed by atoms with Crippen LogP contribution in [0.5, 0.6) is 0 Å². The van der Waals surface area contributed by atoms with Crippen LogP contribution in [0, 0.1) is 0 Å². The molecule has 0 heterocycles. The quantitative estimate of drug-likeness (QED) is 0.438. The van der Waals surface area contributed by atoms with E-state index in [1.54, 1.807) is 0 Å². The van der Waals surface area contributed by atoms with Crippen molar-refractivity contribution >= 4 is 0 Å². The largest absolute Gasteiger partial charge is 0.396 e. The van der Waals surface area contributed by atoms with E-state index in [4.69, 9.17) is 9.84 Å². The van der Waals surface area contributed by atoms with Crippen molar-refractivity contribution < 1.29 is 9.84 Å². The molecule has 0 aromatic carbocycles. The lowest BCUT2D eigenvalue weighted by atomic mass is 10.2. The minimum absolute atomic E-state index is 0.195. The Morgan fingerprint density at radius 2 is 1.88 bits per heavy atom. The first-order chi connectivity index (χ1) is 7.72. The first-order valence-electron chi connectivity index (χ1n) is 6.65. The number of rotatable bonds is 11. The fourth-order valence-electron chi connectivity index (χ4n) is 1.56. The summed E-state index contributed by atoms with van der Waals surface area (Å²) in [5.74, 6) is 0. The molecule has 0 aliphatic rings. The molecule has 0 bridgehead atoms. The van der Waals surface area contributed by atoms with E-state index in [1.807, 2.05) is 0 Å². The van der Waals surface area contributed by atoms with Gasteiger partial charge in [0.2, 0.25) is 0 Å². The summed E-state index contributed by atoms with van der Waals surface area (Å²) < 4.78 is 5.68. The lowest BCUT2D eigenvalue weighted by Crippen LogP contribution is -2.32. The summed E-state index contributed by atoms with van der Waals surface area (Å²) in [5, 5.41) is 8.64. The minimum Gasteiger partial charge on any atom is -0.396 e. The van der Waals surface area contributed by atoms with Gasteiger partial charge in [-0.05, 0) is 33.2 Å². The van der Waals surface area contributed by atoms with Crippen LogP contribution < -0.4 is 0 Å². The number of aliphatic hydroxyl groups is 1. The molecule has 0 fully saturated rings. The molecule has 1 N–H and O–H groups in total. The average Bonchev–Trinajstić information content (AvgIpc) is 2.29. The van der Waals surface area contributed by atoms with Crippen molar-refractivity contribution in [3.63, 3.8) is 0 Å². The van der Waals surface area contributed by atoms with Crippen LogP contribution in [-0.4, -0.2) is 43.0 Å². The molecule has 16 heavy (non-hydrogen) atoms. The summed E-state index contributed by atoms with van der Waals surface area (Å²) in [6.07, 6.45) is 7.18. The van der Waals surface area contributed by atoms with Gasteiger partial charge in [-0.3, -0.25) is 4.90 Å². The van der Waals surface area contributed by atoms with Gasteiger partial charge in [0.05, 0.1) is 0 Å². The van der Waals surface area contributed by atoms with Gasteiger partial charge in [0.25, 0.3) is 0 Å². The number of aliphatic hydroxyl groups excluding tert-OH is 1. The third-order valence-electron chi connectivity index (χ3n) is 2.90. The van der Waals surface area contributed by atoms with Crippen molar-refractivity contribution in [3.8, 4) is 0 Å². The Labute approximate surface area is 101 Å². The third kappa shape index (κ3) is 9.13. The van der Waals surface area contributed by atoms with Gasteiger partial charge in [0, 0.05) is 19.8 Å². The van der Waals surface area contributed by atoms with Crippen molar-refractivity contribution in [1.82, 2.24) is 4.90 Å². The van der Waals surface area contributed by atoms with E-state index in [2.05, 4.69) is 25.8 Å². The molecule has 98 valence electrons. The molecular formula is C13H29NO2. The second kappa shape index (κ2) is 11.4. The van der Waals surface area contributed by atoms with Crippen molar-refractivity contribution in [3.05, 3.63) is 0 Å². The third-order valence-corrected chi connectivity index (χ3v) is 2.90. The van der Waals surface area contributed by atoms with Crippen LogP contribution in [0.3, 0.4) is 0 Å². The molecule has 0 rings (SSSR count). The fourth-order valence-corrected chi connectivity index (χ4v) is 1.56. The first kappa shape index (κ1) is 15.9. The predicted octanol–water partition coefficient (Wildman–Crippen LogP) is 2.63. The number of unbranched alkanes of at least 4 members (excludes halogenated alkanes) is 4. The Kier molecular flexibility index (Phi) is 11.3. The van der Waals surface area contributed by atoms with Gasteiger partial charge >= 0.3 is 0 Å². The summed E-state index contributed by atoms with van der Waals surface area (Å²) in [7, 11) is 2.11. The molecule has 1 atom stereocenters. The lowest BCUT2D eigenvalue weighted by molar-refractivity contribution is -0.0372. The van der Waals surface area contributed by atoms with Crippen LogP contribution in [0.4, 0.5) is 0 Å². The second-order valence-corrected chi connectivity index (χ2v) is 4.44. The van der Waals surface area contributed by atoms with Gasteiger partial charge in [-0.2, -0.15) is 0 Å². The van der Waals surface area contributed by atoms with Crippen molar-refractivity contribution in [2.24, 2.45) is 0 Å². The molecule has 0 amide bonds. The molecule has 0 spiro atoms. The summed E-state index contributed by atoms with van der Waals surface area (Å²) in [6.45, 7) is 6.46. The minimum atomic E-state index is 0.195. The molecule has 0 saturated heterocycles. The van der Waals surface area contributed by atoms with Crippen LogP contribution in [0.15, 0.2) is 0 Å². The van der Waals surface area contributed by atoms with Gasteiger partial charge in [-0.1, -0.05) is 26.2 Å². The number of hydrogen-bond acceptors (Lipinski definition) is 3. The van der Waals surface area contributed by atoms with E-state index in [-0.39, 0.29) is 12.8 Å². The Bertz CT molecular complexity index is 126. The topological polar surface area (TPSA) is 32.7 Å². The van der Waals surface area contributed by atoms with E-state index in [0.717, 1.165) is 26.0 Å². The Morgan fingerprint density at radius 1 is 1.12 bits per heavy atom. The van der Waals surface area contributed by atoms with Gasteiger partial charge in [0.1, 0.15) is 6.23 Å². The maximum absolute atomic E-state index is 8.64. The van der Waals surface area contributed by atoms with E-state index in [0.29, 0.717) is 0 Å². The van der Waals surface area contributed by atoms with Crippen LogP contribution in [0.1, 0.15) is 52.4 Å². The normalized spacial score (nSPS) is 13.3. The molecule has 0 aromatic heterocycles. The van der Waals surface area contributed by atoms with Crippen molar-refractivity contribution in [2.75, 3.05) is 26.8 Å². The zero-order valence-corrected chi connectivity index (χ0v) is 11.2. The van der Waals surface area contributed by atoms with Gasteiger partial charge in [-0.15, -0.1) is 0 Å². The summed E-state index contributed by atoms with van der Waals surface area (Å²) in [4.78, 5) is 2.26. The van der Waals surface area contributed by atoms with E-state index >= 15 is 0 Å². The number of hydrogen-bond donors (Lipinski definition) is 1. The smallest absolute Gasteiger partial charge is 0.107 e. The number of nitrogens with zero attached hydrogens (tertiary/aromatic N) is 1. The van der Waals surface area contributed by atoms with E-state index in [1.165, 1.54) is 25.7 Å². The second-order valence-electron chi connectivity index (χ2n) is 4.44. The van der Waals surface area contributed by atoms with Crippen LogP contribution in [0.2, 0.25) is 0 Å². The SMILES string of the molecule is CCCCCCN(C)C(C)OCCCCO. The van der Waals surface area contributed by atoms with Gasteiger partial charge in [-0.25, -0.2) is 0 Å². The molecule has 0 radical (unpaired) electrons. The highest BCUT2D eigenvalue weighted by molar-refractivity contribution is 4.54. The average molecular weight is 231 g/mol. The standard InChI is InChI=1S/C13H29NO2/c1-4-5-6-7-10-14(3)13(2)16-12-9-8-11-15/h13,15H,4-12H2,1-3H3. The highest BCUT2D eigenvalue weighted by atomic mass is 16.5. The first-order valence-corrected chi connectivity index (χ1v) is 6.65. The van der Waals surface area contributed by atoms with Crippen LogP contribution in [-0.2, 0) is 4.74 Å².